The predicted octanol–water partition coefficient (Wildman–Crippen LogP) is 1.21. The SMILES string of the molecule is O=C(O)c1nc(C2CCNCC2)n2ccc(O)cc12. The number of hydrogen-bond acceptors (Lipinski definition) is 4. The van der Waals surface area contributed by atoms with Crippen molar-refractivity contribution in [1.82, 2.24) is 14.7 Å². The van der Waals surface area contributed by atoms with Crippen molar-refractivity contribution in [2.75, 3.05) is 13.1 Å². The van der Waals surface area contributed by atoms with Crippen molar-refractivity contribution in [2.24, 2.45) is 0 Å². The van der Waals surface area contributed by atoms with E-state index in [0.717, 1.165) is 31.8 Å². The Hall–Kier alpha value is -2.08. The summed E-state index contributed by atoms with van der Waals surface area (Å²) in [6.07, 6.45) is 3.57. The molecule has 6 heteroatoms. The van der Waals surface area contributed by atoms with Gasteiger partial charge < -0.3 is 19.9 Å². The summed E-state index contributed by atoms with van der Waals surface area (Å²) in [6, 6.07) is 2.99. The van der Waals surface area contributed by atoms with Crippen LogP contribution in [0.15, 0.2) is 18.3 Å². The Kier molecular flexibility index (Phi) is 2.87. The standard InChI is InChI=1S/C13H15N3O3/c17-9-3-6-16-10(7-9)11(13(18)19)15-12(16)8-1-4-14-5-2-8/h3,6-8,14,17H,1-2,4-5H2,(H,18,19). The molecule has 3 N–H and O–H groups in total. The molecule has 6 nitrogen and oxygen atoms in total. The molecule has 0 aromatic carbocycles. The monoisotopic (exact) mass is 261 g/mol. The molecule has 0 atom stereocenters. The highest BCUT2D eigenvalue weighted by atomic mass is 16.4. The molecule has 3 heterocycles. The fraction of sp³-hybridized carbons (Fsp3) is 0.385. The number of imidazole rings is 1. The van der Waals surface area contributed by atoms with E-state index in [1.165, 1.54) is 6.07 Å². The molecule has 2 aromatic heterocycles. The topological polar surface area (TPSA) is 86.9 Å². The molecule has 0 bridgehead atoms. The van der Waals surface area contributed by atoms with Crippen molar-refractivity contribution in [3.05, 3.63) is 29.8 Å². The normalized spacial score (nSPS) is 16.8. The number of aromatic hydroxyl groups is 1. The maximum Gasteiger partial charge on any atom is 0.356 e. The zero-order chi connectivity index (χ0) is 13.4. The van der Waals surface area contributed by atoms with Crippen LogP contribution in [0.25, 0.3) is 5.52 Å². The summed E-state index contributed by atoms with van der Waals surface area (Å²) < 4.78 is 1.78. The zero-order valence-electron chi connectivity index (χ0n) is 10.3. The van der Waals surface area contributed by atoms with E-state index in [4.69, 9.17) is 0 Å². The van der Waals surface area contributed by atoms with Gasteiger partial charge >= 0.3 is 5.97 Å². The molecule has 1 fully saturated rings. The molecule has 19 heavy (non-hydrogen) atoms. The van der Waals surface area contributed by atoms with Gasteiger partial charge in [-0.2, -0.15) is 0 Å². The van der Waals surface area contributed by atoms with Gasteiger partial charge in [0, 0.05) is 18.2 Å². The second-order valence-electron chi connectivity index (χ2n) is 4.79. The van der Waals surface area contributed by atoms with Gasteiger partial charge in [0.15, 0.2) is 5.69 Å². The summed E-state index contributed by atoms with van der Waals surface area (Å²) in [5.41, 5.74) is 0.450. The maximum atomic E-state index is 11.3. The minimum Gasteiger partial charge on any atom is -0.508 e. The Morgan fingerprint density at radius 2 is 2.16 bits per heavy atom. The van der Waals surface area contributed by atoms with E-state index in [-0.39, 0.29) is 17.4 Å². The number of aromatic carboxylic acids is 1. The fourth-order valence-corrected chi connectivity index (χ4v) is 2.62. The van der Waals surface area contributed by atoms with Crippen molar-refractivity contribution in [1.29, 1.82) is 0 Å². The number of pyridine rings is 1. The van der Waals surface area contributed by atoms with Crippen LogP contribution >= 0.6 is 0 Å². The molecule has 1 saturated heterocycles. The number of piperidine rings is 1. The molecule has 100 valence electrons. The second kappa shape index (κ2) is 4.55. The lowest BCUT2D eigenvalue weighted by atomic mass is 9.97. The van der Waals surface area contributed by atoms with E-state index in [2.05, 4.69) is 10.3 Å². The number of carbonyl (C=O) groups is 1. The molecule has 0 spiro atoms. The van der Waals surface area contributed by atoms with Crippen LogP contribution in [0.5, 0.6) is 5.75 Å². The van der Waals surface area contributed by atoms with Gasteiger partial charge in [0.05, 0.1) is 5.52 Å². The van der Waals surface area contributed by atoms with Gasteiger partial charge in [0.25, 0.3) is 0 Å². The van der Waals surface area contributed by atoms with Crippen LogP contribution < -0.4 is 5.32 Å². The Balaban J connectivity index is 2.16. The Bertz CT molecular complexity index is 629. The maximum absolute atomic E-state index is 11.3. The lowest BCUT2D eigenvalue weighted by molar-refractivity contribution is 0.0693. The second-order valence-corrected chi connectivity index (χ2v) is 4.79. The van der Waals surface area contributed by atoms with E-state index in [9.17, 15) is 15.0 Å². The number of nitrogens with zero attached hydrogens (tertiary/aromatic N) is 2. The van der Waals surface area contributed by atoms with E-state index in [1.807, 2.05) is 0 Å². The molecule has 3 rings (SSSR count). The fourth-order valence-electron chi connectivity index (χ4n) is 2.62. The number of carboxylic acid groups (broad SMARTS) is 1. The van der Waals surface area contributed by atoms with E-state index < -0.39 is 5.97 Å². The third kappa shape index (κ3) is 2.04. The summed E-state index contributed by atoms with van der Waals surface area (Å²) in [7, 11) is 0. The minimum atomic E-state index is -1.07. The quantitative estimate of drug-likeness (QED) is 0.756. The molecule has 0 aliphatic carbocycles. The average molecular weight is 261 g/mol. The van der Waals surface area contributed by atoms with Crippen LogP contribution in [0.1, 0.15) is 35.1 Å². The average Bonchev–Trinajstić information content (AvgIpc) is 2.78. The van der Waals surface area contributed by atoms with Crippen LogP contribution in [0.2, 0.25) is 0 Å². The van der Waals surface area contributed by atoms with Gasteiger partial charge in [0.1, 0.15) is 11.6 Å². The van der Waals surface area contributed by atoms with Crippen molar-refractivity contribution in [2.45, 2.75) is 18.8 Å². The van der Waals surface area contributed by atoms with Gasteiger partial charge in [-0.15, -0.1) is 0 Å². The van der Waals surface area contributed by atoms with Gasteiger partial charge in [-0.05, 0) is 32.0 Å². The van der Waals surface area contributed by atoms with Crippen LogP contribution in [-0.2, 0) is 0 Å². The van der Waals surface area contributed by atoms with Gasteiger partial charge in [0.2, 0.25) is 0 Å². The third-order valence-electron chi connectivity index (χ3n) is 3.56. The highest BCUT2D eigenvalue weighted by Gasteiger charge is 2.24. The first-order valence-corrected chi connectivity index (χ1v) is 6.32. The first-order valence-electron chi connectivity index (χ1n) is 6.32. The lowest BCUT2D eigenvalue weighted by Gasteiger charge is -2.21. The van der Waals surface area contributed by atoms with Crippen LogP contribution in [0.3, 0.4) is 0 Å². The van der Waals surface area contributed by atoms with Gasteiger partial charge in [-0.25, -0.2) is 9.78 Å². The van der Waals surface area contributed by atoms with Crippen molar-refractivity contribution >= 4 is 11.5 Å². The Labute approximate surface area is 109 Å². The minimum absolute atomic E-state index is 0.00410. The van der Waals surface area contributed by atoms with Gasteiger partial charge in [-0.1, -0.05) is 0 Å². The molecule has 0 unspecified atom stereocenters. The number of aromatic nitrogens is 2. The smallest absolute Gasteiger partial charge is 0.356 e. The largest absolute Gasteiger partial charge is 0.508 e. The first kappa shape index (κ1) is 12.0. The summed E-state index contributed by atoms with van der Waals surface area (Å²) in [6.45, 7) is 1.83. The Morgan fingerprint density at radius 3 is 2.84 bits per heavy atom. The molecular weight excluding hydrogens is 246 g/mol. The number of hydrogen-bond donors (Lipinski definition) is 3. The summed E-state index contributed by atoms with van der Waals surface area (Å²) in [5.74, 6) is 0.00957. The molecular formula is C13H15N3O3. The Morgan fingerprint density at radius 1 is 1.42 bits per heavy atom. The van der Waals surface area contributed by atoms with Gasteiger partial charge in [-0.3, -0.25) is 0 Å². The molecule has 1 aliphatic rings. The molecule has 0 radical (unpaired) electrons. The molecule has 2 aromatic rings. The van der Waals surface area contributed by atoms with Crippen LogP contribution in [0, 0.1) is 0 Å². The first-order chi connectivity index (χ1) is 9.16. The van der Waals surface area contributed by atoms with Crippen molar-refractivity contribution < 1.29 is 15.0 Å². The summed E-state index contributed by atoms with van der Waals surface area (Å²) in [5, 5.41) is 22.0. The van der Waals surface area contributed by atoms with Crippen LogP contribution in [-0.4, -0.2) is 38.7 Å². The molecule has 0 saturated carbocycles. The number of fused-ring (bicyclic) bond motifs is 1. The van der Waals surface area contributed by atoms with Crippen molar-refractivity contribution in [3.8, 4) is 5.75 Å². The summed E-state index contributed by atoms with van der Waals surface area (Å²) in [4.78, 5) is 15.5. The number of carboxylic acids is 1. The third-order valence-corrected chi connectivity index (χ3v) is 3.56. The number of nitrogens with one attached hydrogen (secondary N) is 1. The van der Waals surface area contributed by atoms with E-state index >= 15 is 0 Å². The van der Waals surface area contributed by atoms with Crippen LogP contribution in [0.4, 0.5) is 0 Å². The molecule has 0 amide bonds. The number of rotatable bonds is 2. The highest BCUT2D eigenvalue weighted by Crippen LogP contribution is 2.28. The van der Waals surface area contributed by atoms with E-state index in [0.29, 0.717) is 5.52 Å². The summed E-state index contributed by atoms with van der Waals surface area (Å²) >= 11 is 0. The zero-order valence-corrected chi connectivity index (χ0v) is 10.3. The highest BCUT2D eigenvalue weighted by molar-refractivity contribution is 5.94. The van der Waals surface area contributed by atoms with E-state index in [1.54, 1.807) is 16.7 Å². The predicted molar refractivity (Wildman–Crippen MR) is 68.7 cm³/mol. The lowest BCUT2D eigenvalue weighted by Crippen LogP contribution is -2.27. The van der Waals surface area contributed by atoms with Crippen molar-refractivity contribution in [3.63, 3.8) is 0 Å². The molecule has 1 aliphatic heterocycles.